The first-order valence-corrected chi connectivity index (χ1v) is 9.96. The number of hydrogen-bond acceptors (Lipinski definition) is 6. The normalized spacial score (nSPS) is 20.2. The van der Waals surface area contributed by atoms with Crippen molar-refractivity contribution in [3.8, 4) is 6.07 Å². The number of nitrogens with one attached hydrogen (secondary N) is 1. The fourth-order valence-electron chi connectivity index (χ4n) is 4.31. The summed E-state index contributed by atoms with van der Waals surface area (Å²) in [5.41, 5.74) is 0.293. The van der Waals surface area contributed by atoms with E-state index in [1.807, 2.05) is 4.90 Å². The highest BCUT2D eigenvalue weighted by Crippen LogP contribution is 2.39. The Bertz CT molecular complexity index is 1130. The molecule has 8 nitrogen and oxygen atoms in total. The number of nitrogens with zero attached hydrogens (tertiary/aromatic N) is 4. The van der Waals surface area contributed by atoms with Gasteiger partial charge in [0.2, 0.25) is 0 Å². The first-order chi connectivity index (χ1) is 13.8. The second kappa shape index (κ2) is 7.19. The molecular formula is C20H25FN6O2. The van der Waals surface area contributed by atoms with Gasteiger partial charge in [0.25, 0.3) is 5.56 Å². The summed E-state index contributed by atoms with van der Waals surface area (Å²) in [6.45, 7) is 5.59. The van der Waals surface area contributed by atoms with Gasteiger partial charge in [0.1, 0.15) is 5.82 Å². The monoisotopic (exact) mass is 400 g/mol. The fourth-order valence-corrected chi connectivity index (χ4v) is 4.31. The van der Waals surface area contributed by atoms with Crippen LogP contribution in [0.25, 0.3) is 10.9 Å². The Morgan fingerprint density at radius 3 is 2.76 bits per heavy atom. The van der Waals surface area contributed by atoms with Gasteiger partial charge in [0.05, 0.1) is 28.7 Å². The summed E-state index contributed by atoms with van der Waals surface area (Å²) in [6, 6.07) is 3.14. The first kappa shape index (κ1) is 19.5. The van der Waals surface area contributed by atoms with Crippen molar-refractivity contribution in [2.75, 3.05) is 30.4 Å². The molecule has 1 aromatic carbocycles. The average molecular weight is 400 g/mol. The maximum Gasteiger partial charge on any atom is 0.350 e. The molecule has 2 fully saturated rings. The summed E-state index contributed by atoms with van der Waals surface area (Å²) in [6.07, 6.45) is 2.56. The number of halogens is 1. The topological polar surface area (TPSA) is 109 Å². The van der Waals surface area contributed by atoms with Gasteiger partial charge in [0.15, 0.2) is 0 Å². The van der Waals surface area contributed by atoms with E-state index in [0.717, 1.165) is 19.3 Å². The van der Waals surface area contributed by atoms with Crippen LogP contribution in [0.3, 0.4) is 0 Å². The number of anilines is 1. The smallest absolute Gasteiger partial charge is 0.350 e. The second-order valence-corrected chi connectivity index (χ2v) is 8.15. The minimum absolute atomic E-state index is 0.000377. The van der Waals surface area contributed by atoms with Crippen LogP contribution >= 0.6 is 0 Å². The van der Waals surface area contributed by atoms with E-state index in [0.29, 0.717) is 47.0 Å². The highest BCUT2D eigenvalue weighted by molar-refractivity contribution is 5.87. The standard InChI is InChI=1S/C20H25FN6O2/c1-11(8-22)24-9-13-5-6-25(10-13)18-12(2)17-15(7-16(18)21)19(28)27(23)20(29)26(17)14-3-4-14/h7,11,13-14,24H,3-6,9-10,23H2,1-2H3. The zero-order valence-corrected chi connectivity index (χ0v) is 16.6. The van der Waals surface area contributed by atoms with Gasteiger partial charge in [-0.3, -0.25) is 9.36 Å². The van der Waals surface area contributed by atoms with Crippen molar-refractivity contribution in [1.82, 2.24) is 14.6 Å². The van der Waals surface area contributed by atoms with E-state index in [9.17, 15) is 9.59 Å². The molecule has 0 amide bonds. The molecule has 9 heteroatoms. The maximum absolute atomic E-state index is 15.1. The lowest BCUT2D eigenvalue weighted by Crippen LogP contribution is -2.44. The number of aromatic nitrogens is 2. The Balaban J connectivity index is 1.76. The minimum atomic E-state index is -0.676. The SMILES string of the molecule is Cc1c(N2CCC(CNC(C)C#N)C2)c(F)cc2c(=O)n(N)c(=O)n(C3CC3)c12. The number of rotatable bonds is 5. The van der Waals surface area contributed by atoms with Crippen LogP contribution in [0.5, 0.6) is 0 Å². The fraction of sp³-hybridized carbons (Fsp3) is 0.550. The van der Waals surface area contributed by atoms with Crippen LogP contribution < -0.4 is 27.3 Å². The van der Waals surface area contributed by atoms with Crippen LogP contribution in [0.15, 0.2) is 15.7 Å². The molecule has 1 aromatic heterocycles. The summed E-state index contributed by atoms with van der Waals surface area (Å²) in [4.78, 5) is 27.1. The Labute approximate surface area is 167 Å². The largest absolute Gasteiger partial charge is 0.369 e. The molecule has 2 unspecified atom stereocenters. The zero-order chi connectivity index (χ0) is 20.9. The summed E-state index contributed by atoms with van der Waals surface area (Å²) >= 11 is 0. The van der Waals surface area contributed by atoms with Crippen molar-refractivity contribution < 1.29 is 4.39 Å². The summed E-state index contributed by atoms with van der Waals surface area (Å²) in [5.74, 6) is 5.49. The number of hydrogen-bond donors (Lipinski definition) is 2. The molecular weight excluding hydrogens is 375 g/mol. The summed E-state index contributed by atoms with van der Waals surface area (Å²) in [7, 11) is 0. The molecule has 4 rings (SSSR count). The van der Waals surface area contributed by atoms with E-state index in [-0.39, 0.29) is 17.5 Å². The molecule has 154 valence electrons. The van der Waals surface area contributed by atoms with Crippen LogP contribution in [-0.2, 0) is 0 Å². The third kappa shape index (κ3) is 3.27. The number of nitrogen functional groups attached to an aromatic ring is 1. The third-order valence-electron chi connectivity index (χ3n) is 5.99. The van der Waals surface area contributed by atoms with E-state index in [1.54, 1.807) is 18.4 Å². The molecule has 1 aliphatic heterocycles. The molecule has 1 saturated carbocycles. The van der Waals surface area contributed by atoms with Crippen LogP contribution in [0.1, 0.15) is 37.8 Å². The van der Waals surface area contributed by atoms with Crippen LogP contribution in [0.4, 0.5) is 10.1 Å². The Morgan fingerprint density at radius 2 is 2.10 bits per heavy atom. The van der Waals surface area contributed by atoms with E-state index >= 15 is 4.39 Å². The highest BCUT2D eigenvalue weighted by Gasteiger charge is 2.32. The van der Waals surface area contributed by atoms with Crippen molar-refractivity contribution in [2.24, 2.45) is 5.92 Å². The van der Waals surface area contributed by atoms with Gasteiger partial charge in [-0.05, 0) is 45.1 Å². The van der Waals surface area contributed by atoms with E-state index < -0.39 is 17.1 Å². The molecule has 2 heterocycles. The molecule has 1 aliphatic carbocycles. The predicted molar refractivity (Wildman–Crippen MR) is 109 cm³/mol. The van der Waals surface area contributed by atoms with Gasteiger partial charge in [0, 0.05) is 31.2 Å². The molecule has 2 atom stereocenters. The lowest BCUT2D eigenvalue weighted by molar-refractivity contribution is 0.500. The Hall–Kier alpha value is -2.86. The lowest BCUT2D eigenvalue weighted by atomic mass is 10.1. The number of benzene rings is 1. The van der Waals surface area contributed by atoms with Crippen molar-refractivity contribution in [3.63, 3.8) is 0 Å². The van der Waals surface area contributed by atoms with Crippen molar-refractivity contribution in [2.45, 2.75) is 45.2 Å². The Morgan fingerprint density at radius 1 is 1.38 bits per heavy atom. The quantitative estimate of drug-likeness (QED) is 0.725. The van der Waals surface area contributed by atoms with Gasteiger partial charge >= 0.3 is 5.69 Å². The molecule has 0 bridgehead atoms. The van der Waals surface area contributed by atoms with Gasteiger partial charge in [-0.25, -0.2) is 9.18 Å². The molecule has 3 N–H and O–H groups in total. The highest BCUT2D eigenvalue weighted by atomic mass is 19.1. The first-order valence-electron chi connectivity index (χ1n) is 9.96. The van der Waals surface area contributed by atoms with Gasteiger partial charge < -0.3 is 16.1 Å². The molecule has 0 spiro atoms. The van der Waals surface area contributed by atoms with E-state index in [2.05, 4.69) is 11.4 Å². The van der Waals surface area contributed by atoms with Crippen LogP contribution in [0, 0.1) is 30.0 Å². The minimum Gasteiger partial charge on any atom is -0.369 e. The number of aryl methyl sites for hydroxylation is 1. The van der Waals surface area contributed by atoms with Gasteiger partial charge in [-0.2, -0.15) is 9.94 Å². The van der Waals surface area contributed by atoms with Crippen molar-refractivity contribution >= 4 is 16.6 Å². The second-order valence-electron chi connectivity index (χ2n) is 8.15. The van der Waals surface area contributed by atoms with Crippen LogP contribution in [0.2, 0.25) is 0 Å². The van der Waals surface area contributed by atoms with Gasteiger partial charge in [-0.15, -0.1) is 0 Å². The lowest BCUT2D eigenvalue weighted by Gasteiger charge is -2.24. The molecule has 29 heavy (non-hydrogen) atoms. The predicted octanol–water partition coefficient (Wildman–Crippen LogP) is 0.987. The average Bonchev–Trinajstić information content (AvgIpc) is 3.43. The van der Waals surface area contributed by atoms with Crippen LogP contribution in [-0.4, -0.2) is 34.9 Å². The van der Waals surface area contributed by atoms with Crippen molar-refractivity contribution in [1.29, 1.82) is 5.26 Å². The number of fused-ring (bicyclic) bond motifs is 1. The van der Waals surface area contributed by atoms with E-state index in [1.165, 1.54) is 6.07 Å². The third-order valence-corrected chi connectivity index (χ3v) is 5.99. The maximum atomic E-state index is 15.1. The van der Waals surface area contributed by atoms with Crippen molar-refractivity contribution in [3.05, 3.63) is 38.3 Å². The molecule has 0 radical (unpaired) electrons. The molecule has 2 aliphatic rings. The van der Waals surface area contributed by atoms with Gasteiger partial charge in [-0.1, -0.05) is 0 Å². The van der Waals surface area contributed by atoms with E-state index in [4.69, 9.17) is 11.1 Å². The molecule has 2 aromatic rings. The number of nitriles is 1. The zero-order valence-electron chi connectivity index (χ0n) is 16.6. The molecule has 1 saturated heterocycles. The number of nitrogens with two attached hydrogens (primary N) is 1. The summed E-state index contributed by atoms with van der Waals surface area (Å²) < 4.78 is 17.2. The Kier molecular flexibility index (Phi) is 4.82. The summed E-state index contributed by atoms with van der Waals surface area (Å²) in [5, 5.41) is 12.2.